The molecular weight excluding hydrogens is 363 g/mol. The zero-order valence-corrected chi connectivity index (χ0v) is 13.0. The van der Waals surface area contributed by atoms with Crippen molar-refractivity contribution in [3.05, 3.63) is 32.4 Å². The molecule has 1 aliphatic rings. The fourth-order valence-electron chi connectivity index (χ4n) is 2.02. The SMILES string of the molecule is Cn1cc(I)c(Cc2cn(CC3CC3)nc2Cl)n1. The van der Waals surface area contributed by atoms with Crippen LogP contribution in [0.5, 0.6) is 0 Å². The Bertz CT molecular complexity index is 571. The highest BCUT2D eigenvalue weighted by Gasteiger charge is 2.22. The fourth-order valence-corrected chi connectivity index (χ4v) is 2.94. The minimum absolute atomic E-state index is 0.608. The molecule has 0 N–H and O–H groups in total. The molecule has 4 nitrogen and oxygen atoms in total. The van der Waals surface area contributed by atoms with Crippen molar-refractivity contribution >= 4 is 34.2 Å². The molecule has 0 saturated heterocycles. The van der Waals surface area contributed by atoms with Gasteiger partial charge in [0.1, 0.15) is 0 Å². The van der Waals surface area contributed by atoms with Gasteiger partial charge < -0.3 is 0 Å². The van der Waals surface area contributed by atoms with Gasteiger partial charge in [-0.2, -0.15) is 10.2 Å². The van der Waals surface area contributed by atoms with Gasteiger partial charge in [0.2, 0.25) is 0 Å². The Labute approximate surface area is 124 Å². The number of nitrogens with zero attached hydrogens (tertiary/aromatic N) is 4. The number of aryl methyl sites for hydroxylation is 1. The van der Waals surface area contributed by atoms with Crippen molar-refractivity contribution in [2.45, 2.75) is 25.8 Å². The van der Waals surface area contributed by atoms with Crippen molar-refractivity contribution in [3.8, 4) is 0 Å². The average molecular weight is 377 g/mol. The number of hydrogen-bond donors (Lipinski definition) is 0. The summed E-state index contributed by atoms with van der Waals surface area (Å²) < 4.78 is 4.98. The quantitative estimate of drug-likeness (QED) is 0.769. The van der Waals surface area contributed by atoms with E-state index in [1.165, 1.54) is 16.4 Å². The largest absolute Gasteiger partial charge is 0.274 e. The summed E-state index contributed by atoms with van der Waals surface area (Å²) in [6.45, 7) is 0.999. The van der Waals surface area contributed by atoms with Crippen molar-refractivity contribution in [1.82, 2.24) is 19.6 Å². The third-order valence-electron chi connectivity index (χ3n) is 3.14. The number of hydrogen-bond acceptors (Lipinski definition) is 2. The second-order valence-corrected chi connectivity index (χ2v) is 6.40. The molecule has 0 amide bonds. The summed E-state index contributed by atoms with van der Waals surface area (Å²) in [6, 6.07) is 0. The summed E-state index contributed by atoms with van der Waals surface area (Å²) in [6.07, 6.45) is 7.47. The van der Waals surface area contributed by atoms with Crippen LogP contribution in [-0.4, -0.2) is 19.6 Å². The first-order valence-electron chi connectivity index (χ1n) is 6.01. The molecule has 18 heavy (non-hydrogen) atoms. The molecule has 0 aliphatic heterocycles. The van der Waals surface area contributed by atoms with Gasteiger partial charge in [-0.05, 0) is 41.4 Å². The Balaban J connectivity index is 1.78. The van der Waals surface area contributed by atoms with E-state index in [2.05, 4.69) is 39.0 Å². The molecule has 0 aromatic carbocycles. The fraction of sp³-hybridized carbons (Fsp3) is 0.500. The van der Waals surface area contributed by atoms with Crippen LogP contribution in [0.1, 0.15) is 24.1 Å². The van der Waals surface area contributed by atoms with Gasteiger partial charge in [-0.1, -0.05) is 11.6 Å². The summed E-state index contributed by atoms with van der Waals surface area (Å²) in [4.78, 5) is 0. The molecule has 0 radical (unpaired) electrons. The minimum atomic E-state index is 0.608. The van der Waals surface area contributed by atoms with Crippen LogP contribution in [0, 0.1) is 9.49 Å². The predicted molar refractivity (Wildman–Crippen MR) is 78.7 cm³/mol. The highest BCUT2D eigenvalue weighted by Crippen LogP contribution is 2.31. The van der Waals surface area contributed by atoms with Gasteiger partial charge in [0, 0.05) is 38.0 Å². The summed E-state index contributed by atoms with van der Waals surface area (Å²) in [5.41, 5.74) is 2.12. The van der Waals surface area contributed by atoms with E-state index in [1.807, 2.05) is 22.6 Å². The second kappa shape index (κ2) is 4.85. The van der Waals surface area contributed by atoms with Gasteiger partial charge in [-0.3, -0.25) is 9.36 Å². The summed E-state index contributed by atoms with van der Waals surface area (Å²) >= 11 is 8.49. The van der Waals surface area contributed by atoms with E-state index >= 15 is 0 Å². The molecular formula is C12H14ClIN4. The lowest BCUT2D eigenvalue weighted by Crippen LogP contribution is -1.99. The van der Waals surface area contributed by atoms with E-state index in [9.17, 15) is 0 Å². The van der Waals surface area contributed by atoms with E-state index in [-0.39, 0.29) is 0 Å². The maximum absolute atomic E-state index is 6.19. The summed E-state index contributed by atoms with van der Waals surface area (Å²) in [5.74, 6) is 0.809. The van der Waals surface area contributed by atoms with Crippen LogP contribution < -0.4 is 0 Å². The molecule has 1 aliphatic carbocycles. The molecule has 2 heterocycles. The van der Waals surface area contributed by atoms with E-state index in [0.717, 1.165) is 30.1 Å². The van der Waals surface area contributed by atoms with Crippen LogP contribution in [0.3, 0.4) is 0 Å². The maximum atomic E-state index is 6.19. The van der Waals surface area contributed by atoms with Crippen LogP contribution in [0.15, 0.2) is 12.4 Å². The van der Waals surface area contributed by atoms with Crippen LogP contribution in [0.2, 0.25) is 5.15 Å². The Hall–Kier alpha value is -0.560. The lowest BCUT2D eigenvalue weighted by molar-refractivity contribution is 0.563. The standard InChI is InChI=1S/C12H14ClIN4/c1-17-7-10(14)11(15-17)4-9-6-18(16-12(9)13)5-8-2-3-8/h6-8H,2-5H2,1H3. The van der Waals surface area contributed by atoms with Crippen LogP contribution in [-0.2, 0) is 20.0 Å². The topological polar surface area (TPSA) is 35.6 Å². The molecule has 1 fully saturated rings. The van der Waals surface area contributed by atoms with Crippen molar-refractivity contribution in [2.24, 2.45) is 13.0 Å². The van der Waals surface area contributed by atoms with Crippen molar-refractivity contribution < 1.29 is 0 Å². The van der Waals surface area contributed by atoms with Gasteiger partial charge in [-0.15, -0.1) is 0 Å². The van der Waals surface area contributed by atoms with Crippen LogP contribution >= 0.6 is 34.2 Å². The molecule has 2 aromatic rings. The van der Waals surface area contributed by atoms with Gasteiger partial charge in [0.05, 0.1) is 9.26 Å². The molecule has 96 valence electrons. The number of halogens is 2. The van der Waals surface area contributed by atoms with Gasteiger partial charge >= 0.3 is 0 Å². The lowest BCUT2D eigenvalue weighted by atomic mass is 10.2. The Kier molecular flexibility index (Phi) is 3.36. The van der Waals surface area contributed by atoms with E-state index in [4.69, 9.17) is 11.6 Å². The highest BCUT2D eigenvalue weighted by molar-refractivity contribution is 14.1. The van der Waals surface area contributed by atoms with Crippen LogP contribution in [0.4, 0.5) is 0 Å². The van der Waals surface area contributed by atoms with Crippen molar-refractivity contribution in [2.75, 3.05) is 0 Å². The van der Waals surface area contributed by atoms with Crippen molar-refractivity contribution in [1.29, 1.82) is 0 Å². The molecule has 0 atom stereocenters. The zero-order chi connectivity index (χ0) is 12.7. The monoisotopic (exact) mass is 376 g/mol. The summed E-state index contributed by atoms with van der Waals surface area (Å²) in [5, 5.41) is 9.42. The first kappa shape index (κ1) is 12.5. The second-order valence-electron chi connectivity index (χ2n) is 4.88. The zero-order valence-electron chi connectivity index (χ0n) is 10.1. The Morgan fingerprint density at radius 1 is 1.39 bits per heavy atom. The molecule has 3 rings (SSSR count). The molecule has 1 saturated carbocycles. The van der Waals surface area contributed by atoms with Crippen molar-refractivity contribution in [3.63, 3.8) is 0 Å². The van der Waals surface area contributed by atoms with Gasteiger partial charge in [0.25, 0.3) is 0 Å². The molecule has 6 heteroatoms. The maximum Gasteiger partial charge on any atom is 0.154 e. The van der Waals surface area contributed by atoms with E-state index < -0.39 is 0 Å². The van der Waals surface area contributed by atoms with Crippen LogP contribution in [0.25, 0.3) is 0 Å². The third-order valence-corrected chi connectivity index (χ3v) is 4.36. The highest BCUT2D eigenvalue weighted by atomic mass is 127. The molecule has 0 bridgehead atoms. The normalized spacial score (nSPS) is 15.3. The van der Waals surface area contributed by atoms with E-state index in [1.54, 1.807) is 0 Å². The van der Waals surface area contributed by atoms with Gasteiger partial charge in [0.15, 0.2) is 5.15 Å². The molecule has 0 spiro atoms. The smallest absolute Gasteiger partial charge is 0.154 e. The van der Waals surface area contributed by atoms with Gasteiger partial charge in [-0.25, -0.2) is 0 Å². The lowest BCUT2D eigenvalue weighted by Gasteiger charge is -1.96. The predicted octanol–water partition coefficient (Wildman–Crippen LogP) is 2.88. The Morgan fingerprint density at radius 2 is 2.17 bits per heavy atom. The number of aromatic nitrogens is 4. The first-order chi connectivity index (χ1) is 8.61. The molecule has 0 unspecified atom stereocenters. The Morgan fingerprint density at radius 3 is 2.78 bits per heavy atom. The number of rotatable bonds is 4. The average Bonchev–Trinajstić information content (AvgIpc) is 2.95. The molecule has 2 aromatic heterocycles. The first-order valence-corrected chi connectivity index (χ1v) is 7.47. The summed E-state index contributed by atoms with van der Waals surface area (Å²) in [7, 11) is 1.93. The van der Waals surface area contributed by atoms with E-state index in [0.29, 0.717) is 5.15 Å². The minimum Gasteiger partial charge on any atom is -0.274 e. The third kappa shape index (κ3) is 2.71.